The standard InChI is InChI=1S/C13H18F3NO3S/c1-10-4-5-12(8-11(10)2)21(18,19)17(6-7-20-3)9-13(14,15)16/h4-5,8H,6-7,9H2,1-3H3. The number of rotatable bonds is 6. The van der Waals surface area contributed by atoms with Crippen molar-refractivity contribution in [3.63, 3.8) is 0 Å². The number of ether oxygens (including phenoxy) is 1. The summed E-state index contributed by atoms with van der Waals surface area (Å²) in [5, 5.41) is 0. The summed E-state index contributed by atoms with van der Waals surface area (Å²) < 4.78 is 67.5. The molecule has 0 fully saturated rings. The topological polar surface area (TPSA) is 46.6 Å². The Bertz CT molecular complexity index is 585. The minimum absolute atomic E-state index is 0.111. The van der Waals surface area contributed by atoms with Gasteiger partial charge in [0.2, 0.25) is 10.0 Å². The molecule has 0 aliphatic heterocycles. The third-order valence-electron chi connectivity index (χ3n) is 3.02. The number of hydrogen-bond donors (Lipinski definition) is 0. The van der Waals surface area contributed by atoms with Gasteiger partial charge < -0.3 is 4.74 Å². The summed E-state index contributed by atoms with van der Waals surface area (Å²) in [7, 11) is -2.91. The first-order chi connectivity index (χ1) is 9.58. The quantitative estimate of drug-likeness (QED) is 0.807. The number of hydrogen-bond acceptors (Lipinski definition) is 3. The molecule has 0 bridgehead atoms. The molecule has 4 nitrogen and oxygen atoms in total. The fourth-order valence-electron chi connectivity index (χ4n) is 1.70. The largest absolute Gasteiger partial charge is 0.402 e. The zero-order valence-electron chi connectivity index (χ0n) is 12.1. The van der Waals surface area contributed by atoms with Crippen LogP contribution in [0.1, 0.15) is 11.1 Å². The fraction of sp³-hybridized carbons (Fsp3) is 0.538. The van der Waals surface area contributed by atoms with E-state index in [9.17, 15) is 21.6 Å². The molecule has 0 aliphatic rings. The molecule has 8 heteroatoms. The van der Waals surface area contributed by atoms with Crippen molar-refractivity contribution in [2.45, 2.75) is 24.9 Å². The molecule has 0 unspecified atom stereocenters. The molecule has 0 spiro atoms. The molecule has 1 rings (SSSR count). The normalized spacial score (nSPS) is 12.9. The van der Waals surface area contributed by atoms with Gasteiger partial charge in [0.1, 0.15) is 6.54 Å². The van der Waals surface area contributed by atoms with Crippen molar-refractivity contribution < 1.29 is 26.3 Å². The zero-order valence-corrected chi connectivity index (χ0v) is 12.9. The first-order valence-electron chi connectivity index (χ1n) is 6.21. The lowest BCUT2D eigenvalue weighted by Crippen LogP contribution is -2.40. The lowest BCUT2D eigenvalue weighted by Gasteiger charge is -2.23. The van der Waals surface area contributed by atoms with Crippen LogP contribution < -0.4 is 0 Å². The van der Waals surface area contributed by atoms with Gasteiger partial charge in [-0.25, -0.2) is 8.42 Å². The van der Waals surface area contributed by atoms with Gasteiger partial charge in [-0.3, -0.25) is 0 Å². The van der Waals surface area contributed by atoms with Gasteiger partial charge in [-0.1, -0.05) is 6.07 Å². The summed E-state index contributed by atoms with van der Waals surface area (Å²) in [6, 6.07) is 4.26. The lowest BCUT2D eigenvalue weighted by atomic mass is 10.1. The van der Waals surface area contributed by atoms with E-state index in [1.807, 2.05) is 0 Å². The van der Waals surface area contributed by atoms with E-state index in [0.29, 0.717) is 9.87 Å². The van der Waals surface area contributed by atoms with Gasteiger partial charge >= 0.3 is 6.18 Å². The maximum Gasteiger partial charge on any atom is 0.402 e. The summed E-state index contributed by atoms with van der Waals surface area (Å²) in [5.41, 5.74) is 1.57. The van der Waals surface area contributed by atoms with Crippen LogP contribution in [0.25, 0.3) is 0 Å². The molecule has 21 heavy (non-hydrogen) atoms. The molecule has 0 aromatic heterocycles. The third-order valence-corrected chi connectivity index (χ3v) is 4.86. The molecule has 0 saturated carbocycles. The average molecular weight is 325 g/mol. The van der Waals surface area contributed by atoms with Gasteiger partial charge in [-0.15, -0.1) is 0 Å². The van der Waals surface area contributed by atoms with E-state index in [2.05, 4.69) is 4.74 Å². The van der Waals surface area contributed by atoms with Crippen LogP contribution in [0.3, 0.4) is 0 Å². The molecule has 1 aromatic carbocycles. The summed E-state index contributed by atoms with van der Waals surface area (Å²) >= 11 is 0. The molecule has 0 aliphatic carbocycles. The van der Waals surface area contributed by atoms with E-state index < -0.39 is 22.7 Å². The predicted octanol–water partition coefficient (Wildman–Crippen LogP) is 2.50. The number of methoxy groups -OCH3 is 1. The van der Waals surface area contributed by atoms with Gasteiger partial charge in [-0.2, -0.15) is 17.5 Å². The second-order valence-corrected chi connectivity index (χ2v) is 6.63. The van der Waals surface area contributed by atoms with E-state index in [-0.39, 0.29) is 18.0 Å². The molecule has 0 saturated heterocycles. The molecule has 0 atom stereocenters. The second kappa shape index (κ2) is 6.76. The number of nitrogens with zero attached hydrogens (tertiary/aromatic N) is 1. The van der Waals surface area contributed by atoms with E-state index in [0.717, 1.165) is 5.56 Å². The van der Waals surface area contributed by atoms with Crippen molar-refractivity contribution in [2.75, 3.05) is 26.8 Å². The van der Waals surface area contributed by atoms with Crippen molar-refractivity contribution in [2.24, 2.45) is 0 Å². The van der Waals surface area contributed by atoms with Crippen LogP contribution in [-0.4, -0.2) is 45.7 Å². The number of halogens is 3. The third kappa shape index (κ3) is 4.98. The summed E-state index contributed by atoms with van der Waals surface area (Å²) in [6.45, 7) is 1.50. The van der Waals surface area contributed by atoms with E-state index in [1.54, 1.807) is 19.9 Å². The number of aryl methyl sites for hydroxylation is 2. The smallest absolute Gasteiger partial charge is 0.383 e. The Morgan fingerprint density at radius 1 is 1.19 bits per heavy atom. The van der Waals surface area contributed by atoms with Crippen molar-refractivity contribution in [1.82, 2.24) is 4.31 Å². The minimum Gasteiger partial charge on any atom is -0.383 e. The van der Waals surface area contributed by atoms with Crippen LogP contribution in [-0.2, 0) is 14.8 Å². The average Bonchev–Trinajstić information content (AvgIpc) is 2.36. The van der Waals surface area contributed by atoms with Gasteiger partial charge in [-0.05, 0) is 37.1 Å². The van der Waals surface area contributed by atoms with Gasteiger partial charge in [0, 0.05) is 13.7 Å². The molecule has 0 heterocycles. The highest BCUT2D eigenvalue weighted by molar-refractivity contribution is 7.89. The molecule has 120 valence electrons. The lowest BCUT2D eigenvalue weighted by molar-refractivity contribution is -0.136. The zero-order chi connectivity index (χ0) is 16.3. The Labute approximate surface area is 122 Å². The summed E-state index contributed by atoms with van der Waals surface area (Å²) in [5.74, 6) is 0. The molecular formula is C13H18F3NO3S. The molecule has 0 radical (unpaired) electrons. The van der Waals surface area contributed by atoms with Crippen LogP contribution in [0, 0.1) is 13.8 Å². The van der Waals surface area contributed by atoms with Crippen LogP contribution in [0.5, 0.6) is 0 Å². The highest BCUT2D eigenvalue weighted by Crippen LogP contribution is 2.23. The Balaban J connectivity index is 3.16. The highest BCUT2D eigenvalue weighted by Gasteiger charge is 2.36. The Morgan fingerprint density at radius 3 is 2.29 bits per heavy atom. The van der Waals surface area contributed by atoms with Crippen LogP contribution >= 0.6 is 0 Å². The van der Waals surface area contributed by atoms with Crippen LogP contribution in [0.2, 0.25) is 0 Å². The monoisotopic (exact) mass is 325 g/mol. The van der Waals surface area contributed by atoms with Crippen molar-refractivity contribution in [3.8, 4) is 0 Å². The van der Waals surface area contributed by atoms with Crippen molar-refractivity contribution in [1.29, 1.82) is 0 Å². The fourth-order valence-corrected chi connectivity index (χ4v) is 3.20. The van der Waals surface area contributed by atoms with Crippen LogP contribution in [0.15, 0.2) is 23.1 Å². The number of alkyl halides is 3. The highest BCUT2D eigenvalue weighted by atomic mass is 32.2. The van der Waals surface area contributed by atoms with Gasteiger partial charge in [0.25, 0.3) is 0 Å². The number of sulfonamides is 1. The second-order valence-electron chi connectivity index (χ2n) is 4.69. The predicted molar refractivity (Wildman–Crippen MR) is 72.6 cm³/mol. The molecule has 1 aromatic rings. The molecule has 0 amide bonds. The first kappa shape index (κ1) is 17.9. The molecular weight excluding hydrogens is 307 g/mol. The Hall–Kier alpha value is -1.12. The minimum atomic E-state index is -4.61. The van der Waals surface area contributed by atoms with Crippen LogP contribution in [0.4, 0.5) is 13.2 Å². The molecule has 0 N–H and O–H groups in total. The summed E-state index contributed by atoms with van der Waals surface area (Å²) in [6.07, 6.45) is -4.61. The van der Waals surface area contributed by atoms with Crippen molar-refractivity contribution in [3.05, 3.63) is 29.3 Å². The summed E-state index contributed by atoms with van der Waals surface area (Å²) in [4.78, 5) is -0.147. The Morgan fingerprint density at radius 2 is 1.81 bits per heavy atom. The van der Waals surface area contributed by atoms with E-state index in [1.165, 1.54) is 19.2 Å². The maximum absolute atomic E-state index is 12.6. The maximum atomic E-state index is 12.6. The van der Waals surface area contributed by atoms with Gasteiger partial charge in [0.15, 0.2) is 0 Å². The SMILES string of the molecule is COCCN(CC(F)(F)F)S(=O)(=O)c1ccc(C)c(C)c1. The number of benzene rings is 1. The van der Waals surface area contributed by atoms with E-state index >= 15 is 0 Å². The Kier molecular flexibility index (Phi) is 5.77. The first-order valence-corrected chi connectivity index (χ1v) is 7.65. The van der Waals surface area contributed by atoms with Crippen molar-refractivity contribution >= 4 is 10.0 Å². The van der Waals surface area contributed by atoms with E-state index in [4.69, 9.17) is 0 Å². The van der Waals surface area contributed by atoms with Gasteiger partial charge in [0.05, 0.1) is 11.5 Å².